The molecule has 0 saturated carbocycles. The van der Waals surface area contributed by atoms with E-state index in [2.05, 4.69) is 10.1 Å². The van der Waals surface area contributed by atoms with Crippen LogP contribution in [0.3, 0.4) is 0 Å². The highest BCUT2D eigenvalue weighted by molar-refractivity contribution is 7.17. The molecule has 0 spiro atoms. The Labute approximate surface area is 161 Å². The van der Waals surface area contributed by atoms with Crippen molar-refractivity contribution in [2.75, 3.05) is 0 Å². The van der Waals surface area contributed by atoms with Crippen LogP contribution in [0.1, 0.15) is 5.56 Å². The van der Waals surface area contributed by atoms with Gasteiger partial charge in [0.1, 0.15) is 11.2 Å². The van der Waals surface area contributed by atoms with E-state index in [9.17, 15) is 20.0 Å². The van der Waals surface area contributed by atoms with Crippen LogP contribution < -0.4 is 5.56 Å². The Kier molecular flexibility index (Phi) is 4.42. The van der Waals surface area contributed by atoms with Crippen LogP contribution in [0.4, 0.5) is 5.69 Å². The van der Waals surface area contributed by atoms with Crippen molar-refractivity contribution in [1.29, 1.82) is 0 Å². The molecule has 0 aliphatic heterocycles. The number of aromatic nitrogens is 2. The largest absolute Gasteiger partial charge is 0.502 e. The van der Waals surface area contributed by atoms with Gasteiger partial charge < -0.3 is 5.11 Å². The molecule has 0 radical (unpaired) electrons. The van der Waals surface area contributed by atoms with Crippen molar-refractivity contribution < 1.29 is 10.0 Å². The van der Waals surface area contributed by atoms with Crippen LogP contribution in [0.15, 0.2) is 70.1 Å². The van der Waals surface area contributed by atoms with Crippen molar-refractivity contribution in [2.45, 2.75) is 0 Å². The van der Waals surface area contributed by atoms with Crippen LogP contribution in [0.5, 0.6) is 5.75 Å². The van der Waals surface area contributed by atoms with Crippen molar-refractivity contribution in [1.82, 2.24) is 9.66 Å². The van der Waals surface area contributed by atoms with Gasteiger partial charge in [-0.05, 0) is 11.6 Å². The summed E-state index contributed by atoms with van der Waals surface area (Å²) in [5.41, 5.74) is 0.974. The van der Waals surface area contributed by atoms with Crippen LogP contribution in [-0.4, -0.2) is 25.9 Å². The number of thiophene rings is 1. The van der Waals surface area contributed by atoms with Gasteiger partial charge in [-0.2, -0.15) is 9.78 Å². The van der Waals surface area contributed by atoms with E-state index in [-0.39, 0.29) is 11.1 Å². The molecule has 2 heterocycles. The fraction of sp³-hybridized carbons (Fsp3) is 0. The Morgan fingerprint density at radius 2 is 1.96 bits per heavy atom. The number of fused-ring (bicyclic) bond motifs is 1. The molecule has 9 heteroatoms. The lowest BCUT2D eigenvalue weighted by Gasteiger charge is -2.02. The summed E-state index contributed by atoms with van der Waals surface area (Å²) >= 11 is 1.36. The van der Waals surface area contributed by atoms with E-state index in [1.807, 2.05) is 35.7 Å². The van der Waals surface area contributed by atoms with Gasteiger partial charge in [0, 0.05) is 22.6 Å². The van der Waals surface area contributed by atoms with Crippen molar-refractivity contribution in [3.63, 3.8) is 0 Å². The number of phenols is 1. The number of nitro benzene ring substituents is 1. The molecule has 0 unspecified atom stereocenters. The van der Waals surface area contributed by atoms with E-state index in [4.69, 9.17) is 0 Å². The molecule has 0 aliphatic carbocycles. The van der Waals surface area contributed by atoms with Crippen molar-refractivity contribution in [2.24, 2.45) is 5.10 Å². The molecule has 0 bridgehead atoms. The van der Waals surface area contributed by atoms with Gasteiger partial charge in [-0.3, -0.25) is 14.9 Å². The van der Waals surface area contributed by atoms with Gasteiger partial charge in [-0.25, -0.2) is 4.98 Å². The minimum atomic E-state index is -0.691. The molecule has 2 aromatic heterocycles. The summed E-state index contributed by atoms with van der Waals surface area (Å²) in [6, 6.07) is 13.5. The topological polar surface area (TPSA) is 111 Å². The number of hydrogen-bond acceptors (Lipinski definition) is 7. The van der Waals surface area contributed by atoms with Crippen LogP contribution in [0.25, 0.3) is 21.3 Å². The van der Waals surface area contributed by atoms with Crippen LogP contribution in [-0.2, 0) is 0 Å². The maximum Gasteiger partial charge on any atom is 0.311 e. The second kappa shape index (κ2) is 7.05. The minimum Gasteiger partial charge on any atom is -0.502 e. The van der Waals surface area contributed by atoms with Gasteiger partial charge in [0.05, 0.1) is 16.5 Å². The first-order valence-corrected chi connectivity index (χ1v) is 8.99. The van der Waals surface area contributed by atoms with E-state index in [1.54, 1.807) is 0 Å². The monoisotopic (exact) mass is 392 g/mol. The third-order valence-corrected chi connectivity index (χ3v) is 5.01. The van der Waals surface area contributed by atoms with E-state index in [1.165, 1.54) is 42.1 Å². The molecule has 28 heavy (non-hydrogen) atoms. The van der Waals surface area contributed by atoms with E-state index < -0.39 is 16.4 Å². The predicted molar refractivity (Wildman–Crippen MR) is 107 cm³/mol. The SMILES string of the molecule is O=c1c2c(-c3ccccc3)csc2ncn1/N=C\c1cccc([N+](=O)[O-])c1O. The van der Waals surface area contributed by atoms with Crippen molar-refractivity contribution >= 4 is 33.5 Å². The summed E-state index contributed by atoms with van der Waals surface area (Å²) in [6.07, 6.45) is 2.46. The molecule has 0 amide bonds. The highest BCUT2D eigenvalue weighted by atomic mass is 32.1. The lowest BCUT2D eigenvalue weighted by atomic mass is 10.1. The zero-order valence-corrected chi connectivity index (χ0v) is 15.0. The zero-order chi connectivity index (χ0) is 19.7. The maximum absolute atomic E-state index is 12.9. The predicted octanol–water partition coefficient (Wildman–Crippen LogP) is 3.62. The van der Waals surface area contributed by atoms with Gasteiger partial charge in [0.15, 0.2) is 0 Å². The number of nitro groups is 1. The molecule has 1 N–H and O–H groups in total. The molecule has 0 atom stereocenters. The number of para-hydroxylation sites is 1. The molecule has 2 aromatic carbocycles. The number of benzene rings is 2. The summed E-state index contributed by atoms with van der Waals surface area (Å²) in [6.45, 7) is 0. The third kappa shape index (κ3) is 3.03. The van der Waals surface area contributed by atoms with E-state index in [0.29, 0.717) is 10.2 Å². The average molecular weight is 392 g/mol. The molecule has 4 aromatic rings. The summed E-state index contributed by atoms with van der Waals surface area (Å²) in [5.74, 6) is -0.515. The fourth-order valence-corrected chi connectivity index (χ4v) is 3.67. The van der Waals surface area contributed by atoms with Gasteiger partial charge in [0.25, 0.3) is 5.56 Å². The van der Waals surface area contributed by atoms with Gasteiger partial charge in [-0.15, -0.1) is 11.3 Å². The van der Waals surface area contributed by atoms with Crippen LogP contribution >= 0.6 is 11.3 Å². The molecular weight excluding hydrogens is 380 g/mol. The van der Waals surface area contributed by atoms with Crippen LogP contribution in [0, 0.1) is 10.1 Å². The smallest absolute Gasteiger partial charge is 0.311 e. The maximum atomic E-state index is 12.9. The van der Waals surface area contributed by atoms with Gasteiger partial charge in [-0.1, -0.05) is 36.4 Å². The number of phenolic OH excluding ortho intramolecular Hbond substituents is 1. The highest BCUT2D eigenvalue weighted by Gasteiger charge is 2.16. The Bertz CT molecular complexity index is 1280. The number of aromatic hydroxyl groups is 1. The highest BCUT2D eigenvalue weighted by Crippen LogP contribution is 2.30. The fourth-order valence-electron chi connectivity index (χ4n) is 2.76. The summed E-state index contributed by atoms with van der Waals surface area (Å²) < 4.78 is 1.04. The molecule has 4 rings (SSSR count). The quantitative estimate of drug-likeness (QED) is 0.324. The summed E-state index contributed by atoms with van der Waals surface area (Å²) in [5, 5.41) is 27.3. The van der Waals surface area contributed by atoms with Gasteiger partial charge in [0.2, 0.25) is 5.75 Å². The molecule has 0 fully saturated rings. The number of hydrogen-bond donors (Lipinski definition) is 1. The minimum absolute atomic E-state index is 0.120. The van der Waals surface area contributed by atoms with E-state index in [0.717, 1.165) is 15.8 Å². The first-order chi connectivity index (χ1) is 13.6. The average Bonchev–Trinajstić information content (AvgIpc) is 3.14. The Balaban J connectivity index is 1.80. The molecule has 0 saturated heterocycles. The number of nitrogens with zero attached hydrogens (tertiary/aromatic N) is 4. The lowest BCUT2D eigenvalue weighted by Crippen LogP contribution is -2.16. The molecule has 138 valence electrons. The van der Waals surface area contributed by atoms with E-state index >= 15 is 0 Å². The lowest BCUT2D eigenvalue weighted by molar-refractivity contribution is -0.385. The Morgan fingerprint density at radius 1 is 1.18 bits per heavy atom. The second-order valence-electron chi connectivity index (χ2n) is 5.81. The normalized spacial score (nSPS) is 11.3. The summed E-state index contributed by atoms with van der Waals surface area (Å²) in [4.78, 5) is 28.0. The van der Waals surface area contributed by atoms with Crippen molar-refractivity contribution in [3.05, 3.63) is 86.3 Å². The molecule has 8 nitrogen and oxygen atoms in total. The van der Waals surface area contributed by atoms with Crippen LogP contribution in [0.2, 0.25) is 0 Å². The Hall–Kier alpha value is -3.85. The third-order valence-electron chi connectivity index (χ3n) is 4.13. The standard InChI is InChI=1S/C19H12N4O4S/c24-17-13(7-4-8-15(17)23(26)27)9-21-22-11-20-18-16(19(22)25)14(10-28-18)12-5-2-1-3-6-12/h1-11,24H/b21-9-. The molecule has 0 aliphatic rings. The zero-order valence-electron chi connectivity index (χ0n) is 14.2. The van der Waals surface area contributed by atoms with Gasteiger partial charge >= 0.3 is 5.69 Å². The number of rotatable bonds is 4. The Morgan fingerprint density at radius 3 is 2.71 bits per heavy atom. The first kappa shape index (κ1) is 17.6. The molecular formula is C19H12N4O4S. The second-order valence-corrected chi connectivity index (χ2v) is 6.66. The van der Waals surface area contributed by atoms with Crippen molar-refractivity contribution in [3.8, 4) is 16.9 Å². The summed E-state index contributed by atoms with van der Waals surface area (Å²) in [7, 11) is 0. The first-order valence-electron chi connectivity index (χ1n) is 8.11.